The Morgan fingerprint density at radius 2 is 2.05 bits per heavy atom. The topological polar surface area (TPSA) is 75.7 Å². The second-order valence-corrected chi connectivity index (χ2v) is 6.48. The van der Waals surface area contributed by atoms with Crippen molar-refractivity contribution in [1.29, 1.82) is 0 Å². The maximum absolute atomic E-state index is 12.0. The largest absolute Gasteiger partial charge is 0.378 e. The number of morpholine rings is 1. The summed E-state index contributed by atoms with van der Waals surface area (Å²) in [7, 11) is -3.73. The predicted molar refractivity (Wildman–Crippen MR) is 74.0 cm³/mol. The summed E-state index contributed by atoms with van der Waals surface area (Å²) in [5, 5.41) is 0.326. The Kier molecular flexibility index (Phi) is 4.98. The van der Waals surface area contributed by atoms with Crippen molar-refractivity contribution in [2.45, 2.75) is 4.90 Å². The summed E-state index contributed by atoms with van der Waals surface area (Å²) < 4.78 is 31.4. The van der Waals surface area contributed by atoms with Gasteiger partial charge in [0.15, 0.2) is 0 Å². The number of carbonyl (C=O) groups is 1. The minimum atomic E-state index is -3.73. The highest BCUT2D eigenvalue weighted by atomic mass is 35.5. The predicted octanol–water partition coefficient (Wildman–Crippen LogP) is 0.477. The van der Waals surface area contributed by atoms with Crippen molar-refractivity contribution in [2.75, 3.05) is 32.8 Å². The number of sulfonamides is 1. The molecular formula is C12H15ClN2O4S. The van der Waals surface area contributed by atoms with Crippen LogP contribution in [-0.4, -0.2) is 52.1 Å². The van der Waals surface area contributed by atoms with Gasteiger partial charge in [0.2, 0.25) is 15.9 Å². The van der Waals surface area contributed by atoms with Crippen molar-refractivity contribution in [3.05, 3.63) is 29.3 Å². The van der Waals surface area contributed by atoms with E-state index in [2.05, 4.69) is 4.72 Å². The van der Waals surface area contributed by atoms with Crippen molar-refractivity contribution in [3.8, 4) is 0 Å². The molecule has 0 saturated carbocycles. The number of carbonyl (C=O) groups excluding carboxylic acids is 1. The van der Waals surface area contributed by atoms with E-state index in [0.717, 1.165) is 0 Å². The first-order chi connectivity index (χ1) is 9.49. The van der Waals surface area contributed by atoms with E-state index in [1.54, 1.807) is 17.0 Å². The van der Waals surface area contributed by atoms with Crippen LogP contribution >= 0.6 is 11.6 Å². The summed E-state index contributed by atoms with van der Waals surface area (Å²) in [6, 6.07) is 5.89. The molecular weight excluding hydrogens is 304 g/mol. The fourth-order valence-electron chi connectivity index (χ4n) is 1.80. The number of halogens is 1. The van der Waals surface area contributed by atoms with Gasteiger partial charge in [-0.05, 0) is 18.2 Å². The molecule has 1 N–H and O–H groups in total. The molecule has 20 heavy (non-hydrogen) atoms. The first kappa shape index (κ1) is 15.2. The Labute approximate surface area is 122 Å². The first-order valence-electron chi connectivity index (χ1n) is 6.10. The second-order valence-electron chi connectivity index (χ2n) is 4.28. The van der Waals surface area contributed by atoms with E-state index in [4.69, 9.17) is 16.3 Å². The molecule has 0 atom stereocenters. The van der Waals surface area contributed by atoms with Gasteiger partial charge < -0.3 is 9.64 Å². The summed E-state index contributed by atoms with van der Waals surface area (Å²) in [5.41, 5.74) is 0. The number of benzene rings is 1. The van der Waals surface area contributed by atoms with Crippen LogP contribution in [0.4, 0.5) is 0 Å². The number of amides is 1. The average molecular weight is 319 g/mol. The van der Waals surface area contributed by atoms with E-state index in [0.29, 0.717) is 31.3 Å². The normalized spacial score (nSPS) is 16.1. The van der Waals surface area contributed by atoms with Crippen molar-refractivity contribution < 1.29 is 17.9 Å². The summed E-state index contributed by atoms with van der Waals surface area (Å²) in [4.78, 5) is 13.5. The van der Waals surface area contributed by atoms with Crippen LogP contribution in [-0.2, 0) is 19.6 Å². The number of rotatable bonds is 4. The van der Waals surface area contributed by atoms with E-state index in [1.807, 2.05) is 0 Å². The van der Waals surface area contributed by atoms with E-state index in [1.165, 1.54) is 12.1 Å². The SMILES string of the molecule is O=C(CNS(=O)(=O)c1cccc(Cl)c1)N1CCOCC1. The number of nitrogens with zero attached hydrogens (tertiary/aromatic N) is 1. The van der Waals surface area contributed by atoms with Gasteiger partial charge in [0.1, 0.15) is 0 Å². The van der Waals surface area contributed by atoms with Gasteiger partial charge in [-0.3, -0.25) is 4.79 Å². The fourth-order valence-corrected chi connectivity index (χ4v) is 3.07. The molecule has 1 heterocycles. The third kappa shape index (κ3) is 3.92. The third-order valence-corrected chi connectivity index (χ3v) is 4.52. The fraction of sp³-hybridized carbons (Fsp3) is 0.417. The van der Waals surface area contributed by atoms with Crippen LogP contribution in [0.5, 0.6) is 0 Å². The molecule has 1 aliphatic heterocycles. The summed E-state index contributed by atoms with van der Waals surface area (Å²) in [6.45, 7) is 1.66. The Balaban J connectivity index is 1.97. The van der Waals surface area contributed by atoms with Crippen LogP contribution in [0.15, 0.2) is 29.2 Å². The van der Waals surface area contributed by atoms with Crippen LogP contribution in [0.2, 0.25) is 5.02 Å². The van der Waals surface area contributed by atoms with Crippen LogP contribution < -0.4 is 4.72 Å². The zero-order chi connectivity index (χ0) is 14.6. The Morgan fingerprint density at radius 1 is 1.35 bits per heavy atom. The highest BCUT2D eigenvalue weighted by Crippen LogP contribution is 2.15. The van der Waals surface area contributed by atoms with Gasteiger partial charge in [-0.1, -0.05) is 17.7 Å². The maximum atomic E-state index is 12.0. The smallest absolute Gasteiger partial charge is 0.241 e. The lowest BCUT2D eigenvalue weighted by Crippen LogP contribution is -2.45. The van der Waals surface area contributed by atoms with E-state index >= 15 is 0 Å². The van der Waals surface area contributed by atoms with Gasteiger partial charge in [0, 0.05) is 18.1 Å². The standard InChI is InChI=1S/C12H15ClN2O4S/c13-10-2-1-3-11(8-10)20(17,18)14-9-12(16)15-4-6-19-7-5-15/h1-3,8,14H,4-7,9H2. The Hall–Kier alpha value is -1.15. The molecule has 1 fully saturated rings. The van der Waals surface area contributed by atoms with Crippen molar-refractivity contribution in [1.82, 2.24) is 9.62 Å². The molecule has 1 amide bonds. The zero-order valence-corrected chi connectivity index (χ0v) is 12.3. The minimum absolute atomic E-state index is 0.0415. The molecule has 0 spiro atoms. The highest BCUT2D eigenvalue weighted by Gasteiger charge is 2.20. The number of ether oxygens (including phenoxy) is 1. The summed E-state index contributed by atoms with van der Waals surface area (Å²) in [5.74, 6) is -0.265. The molecule has 1 saturated heterocycles. The Morgan fingerprint density at radius 3 is 2.70 bits per heavy atom. The molecule has 1 aliphatic rings. The monoisotopic (exact) mass is 318 g/mol. The molecule has 8 heteroatoms. The Bertz CT molecular complexity index is 585. The number of hydrogen-bond donors (Lipinski definition) is 1. The number of nitrogens with one attached hydrogen (secondary N) is 1. The van der Waals surface area contributed by atoms with Crippen LogP contribution in [0, 0.1) is 0 Å². The average Bonchev–Trinajstić information content (AvgIpc) is 2.46. The van der Waals surface area contributed by atoms with Gasteiger partial charge in [0.05, 0.1) is 24.7 Å². The number of hydrogen-bond acceptors (Lipinski definition) is 4. The van der Waals surface area contributed by atoms with E-state index < -0.39 is 10.0 Å². The van der Waals surface area contributed by atoms with Gasteiger partial charge >= 0.3 is 0 Å². The second kappa shape index (κ2) is 6.53. The van der Waals surface area contributed by atoms with Crippen molar-refractivity contribution in [3.63, 3.8) is 0 Å². The summed E-state index contributed by atoms with van der Waals surface area (Å²) >= 11 is 5.75. The van der Waals surface area contributed by atoms with Crippen LogP contribution in [0.1, 0.15) is 0 Å². The molecule has 0 radical (unpaired) electrons. The molecule has 0 bridgehead atoms. The van der Waals surface area contributed by atoms with Gasteiger partial charge in [-0.25, -0.2) is 13.1 Å². The lowest BCUT2D eigenvalue weighted by molar-refractivity contribution is -0.133. The van der Waals surface area contributed by atoms with Gasteiger partial charge in [-0.15, -0.1) is 0 Å². The van der Waals surface area contributed by atoms with Gasteiger partial charge in [-0.2, -0.15) is 0 Å². The maximum Gasteiger partial charge on any atom is 0.241 e. The molecule has 1 aromatic rings. The van der Waals surface area contributed by atoms with E-state index in [-0.39, 0.29) is 17.3 Å². The van der Waals surface area contributed by atoms with Crippen molar-refractivity contribution in [2.24, 2.45) is 0 Å². The minimum Gasteiger partial charge on any atom is -0.378 e. The van der Waals surface area contributed by atoms with Gasteiger partial charge in [0.25, 0.3) is 0 Å². The molecule has 0 aliphatic carbocycles. The lowest BCUT2D eigenvalue weighted by atomic mass is 10.4. The third-order valence-electron chi connectivity index (χ3n) is 2.88. The molecule has 0 aromatic heterocycles. The lowest BCUT2D eigenvalue weighted by Gasteiger charge is -2.26. The first-order valence-corrected chi connectivity index (χ1v) is 7.96. The zero-order valence-electron chi connectivity index (χ0n) is 10.7. The summed E-state index contributed by atoms with van der Waals surface area (Å²) in [6.07, 6.45) is 0. The van der Waals surface area contributed by atoms with E-state index in [9.17, 15) is 13.2 Å². The highest BCUT2D eigenvalue weighted by molar-refractivity contribution is 7.89. The van der Waals surface area contributed by atoms with Crippen LogP contribution in [0.3, 0.4) is 0 Å². The molecule has 110 valence electrons. The molecule has 1 aromatic carbocycles. The van der Waals surface area contributed by atoms with Crippen LogP contribution in [0.25, 0.3) is 0 Å². The quantitative estimate of drug-likeness (QED) is 0.876. The van der Waals surface area contributed by atoms with Crippen molar-refractivity contribution >= 4 is 27.5 Å². The molecule has 0 unspecified atom stereocenters. The molecule has 2 rings (SSSR count). The molecule has 6 nitrogen and oxygen atoms in total.